The average molecular weight is 409 g/mol. The van der Waals surface area contributed by atoms with Crippen LogP contribution in [0.5, 0.6) is 0 Å². The van der Waals surface area contributed by atoms with Gasteiger partial charge in [0.25, 0.3) is 0 Å². The van der Waals surface area contributed by atoms with Gasteiger partial charge in [-0.3, -0.25) is 14.7 Å². The molecule has 2 aliphatic rings. The molecule has 4 rings (SSSR count). The SMILES string of the molecule is Cc1cccc(CN2C[C@H](C(=O)NC(C)C)[C@@H](c3ccnc(N4CCCC4)n3)C2)n1. The molecule has 7 heteroatoms. The van der Waals surface area contributed by atoms with Crippen LogP contribution in [0.15, 0.2) is 30.5 Å². The topological polar surface area (TPSA) is 74.2 Å². The van der Waals surface area contributed by atoms with Gasteiger partial charge in [0.15, 0.2) is 0 Å². The Balaban J connectivity index is 1.56. The molecule has 1 N–H and O–H groups in total. The van der Waals surface area contributed by atoms with E-state index in [2.05, 4.69) is 31.2 Å². The molecular weight excluding hydrogens is 376 g/mol. The van der Waals surface area contributed by atoms with E-state index in [1.165, 1.54) is 12.8 Å². The number of amides is 1. The van der Waals surface area contributed by atoms with Gasteiger partial charge in [0.1, 0.15) is 0 Å². The Bertz CT molecular complexity index is 880. The Morgan fingerprint density at radius 3 is 2.70 bits per heavy atom. The Hall–Kier alpha value is -2.54. The van der Waals surface area contributed by atoms with Gasteiger partial charge in [-0.25, -0.2) is 9.97 Å². The molecule has 160 valence electrons. The normalized spacial score (nSPS) is 22.1. The fourth-order valence-corrected chi connectivity index (χ4v) is 4.53. The van der Waals surface area contributed by atoms with E-state index in [9.17, 15) is 4.79 Å². The van der Waals surface area contributed by atoms with E-state index in [4.69, 9.17) is 4.98 Å². The van der Waals surface area contributed by atoms with Crippen molar-refractivity contribution in [2.45, 2.75) is 52.1 Å². The van der Waals surface area contributed by atoms with Gasteiger partial charge in [0.2, 0.25) is 11.9 Å². The lowest BCUT2D eigenvalue weighted by atomic mass is 9.91. The van der Waals surface area contributed by atoms with Crippen LogP contribution in [0.2, 0.25) is 0 Å². The summed E-state index contributed by atoms with van der Waals surface area (Å²) < 4.78 is 0. The van der Waals surface area contributed by atoms with Crippen molar-refractivity contribution in [3.8, 4) is 0 Å². The third-order valence-corrected chi connectivity index (χ3v) is 5.93. The molecule has 0 saturated carbocycles. The summed E-state index contributed by atoms with van der Waals surface area (Å²) in [6, 6.07) is 8.21. The number of hydrogen-bond acceptors (Lipinski definition) is 6. The molecule has 0 radical (unpaired) electrons. The first kappa shape index (κ1) is 20.7. The van der Waals surface area contributed by atoms with Crippen LogP contribution in [0.3, 0.4) is 0 Å². The van der Waals surface area contributed by atoms with Crippen LogP contribution in [-0.4, -0.2) is 58.0 Å². The molecule has 0 aromatic carbocycles. The maximum Gasteiger partial charge on any atom is 0.225 e. The number of carbonyl (C=O) groups excluding carboxylic acids is 1. The summed E-state index contributed by atoms with van der Waals surface area (Å²) in [6.45, 7) is 10.3. The van der Waals surface area contributed by atoms with Crippen LogP contribution in [0.1, 0.15) is 49.7 Å². The third-order valence-electron chi connectivity index (χ3n) is 5.93. The van der Waals surface area contributed by atoms with Crippen LogP contribution in [-0.2, 0) is 11.3 Å². The second-order valence-corrected chi connectivity index (χ2v) is 8.82. The van der Waals surface area contributed by atoms with Crippen molar-refractivity contribution in [3.05, 3.63) is 47.5 Å². The molecule has 7 nitrogen and oxygen atoms in total. The van der Waals surface area contributed by atoms with Crippen molar-refractivity contribution in [3.63, 3.8) is 0 Å². The highest BCUT2D eigenvalue weighted by molar-refractivity contribution is 5.80. The minimum atomic E-state index is -0.126. The smallest absolute Gasteiger partial charge is 0.225 e. The monoisotopic (exact) mass is 408 g/mol. The first-order chi connectivity index (χ1) is 14.5. The lowest BCUT2D eigenvalue weighted by Gasteiger charge is -2.21. The number of aryl methyl sites for hydroxylation is 1. The lowest BCUT2D eigenvalue weighted by Crippen LogP contribution is -2.38. The maximum atomic E-state index is 13.0. The summed E-state index contributed by atoms with van der Waals surface area (Å²) in [5.41, 5.74) is 3.03. The Labute approximate surface area is 178 Å². The Morgan fingerprint density at radius 2 is 1.97 bits per heavy atom. The lowest BCUT2D eigenvalue weighted by molar-refractivity contribution is -0.125. The van der Waals surface area contributed by atoms with E-state index in [1.807, 2.05) is 45.2 Å². The summed E-state index contributed by atoms with van der Waals surface area (Å²) in [6.07, 6.45) is 4.22. The van der Waals surface area contributed by atoms with Gasteiger partial charge in [-0.05, 0) is 51.8 Å². The molecule has 2 aromatic heterocycles. The molecule has 2 aromatic rings. The number of nitrogens with one attached hydrogen (secondary N) is 1. The average Bonchev–Trinajstić information content (AvgIpc) is 3.38. The van der Waals surface area contributed by atoms with E-state index in [0.29, 0.717) is 6.54 Å². The largest absolute Gasteiger partial charge is 0.354 e. The van der Waals surface area contributed by atoms with E-state index in [0.717, 1.165) is 49.2 Å². The number of rotatable bonds is 6. The summed E-state index contributed by atoms with van der Waals surface area (Å²) >= 11 is 0. The fraction of sp³-hybridized carbons (Fsp3) is 0.565. The van der Waals surface area contributed by atoms with Crippen molar-refractivity contribution >= 4 is 11.9 Å². The van der Waals surface area contributed by atoms with E-state index in [1.54, 1.807) is 0 Å². The van der Waals surface area contributed by atoms with Gasteiger partial charge in [0.05, 0.1) is 17.3 Å². The predicted molar refractivity (Wildman–Crippen MR) is 117 cm³/mol. The number of hydrogen-bond donors (Lipinski definition) is 1. The van der Waals surface area contributed by atoms with Crippen LogP contribution in [0.4, 0.5) is 5.95 Å². The molecule has 0 aliphatic carbocycles. The highest BCUT2D eigenvalue weighted by atomic mass is 16.2. The molecule has 2 aliphatic heterocycles. The molecule has 4 heterocycles. The summed E-state index contributed by atoms with van der Waals surface area (Å²) in [4.78, 5) is 31.6. The van der Waals surface area contributed by atoms with Gasteiger partial charge in [-0.2, -0.15) is 0 Å². The second kappa shape index (κ2) is 9.08. The second-order valence-electron chi connectivity index (χ2n) is 8.82. The van der Waals surface area contributed by atoms with Crippen molar-refractivity contribution in [1.82, 2.24) is 25.2 Å². The molecule has 0 bridgehead atoms. The molecular formula is C23H32N6O. The van der Waals surface area contributed by atoms with Crippen molar-refractivity contribution in [2.75, 3.05) is 31.1 Å². The first-order valence-corrected chi connectivity index (χ1v) is 11.0. The maximum absolute atomic E-state index is 13.0. The van der Waals surface area contributed by atoms with Crippen LogP contribution < -0.4 is 10.2 Å². The van der Waals surface area contributed by atoms with Gasteiger partial charge in [0, 0.05) is 56.6 Å². The van der Waals surface area contributed by atoms with Gasteiger partial charge in [-0.1, -0.05) is 6.07 Å². The quantitative estimate of drug-likeness (QED) is 0.792. The zero-order valence-corrected chi connectivity index (χ0v) is 18.2. The van der Waals surface area contributed by atoms with Crippen LogP contribution >= 0.6 is 0 Å². The van der Waals surface area contributed by atoms with Crippen LogP contribution in [0, 0.1) is 12.8 Å². The van der Waals surface area contributed by atoms with Gasteiger partial charge >= 0.3 is 0 Å². The third kappa shape index (κ3) is 4.78. The highest BCUT2D eigenvalue weighted by Crippen LogP contribution is 2.33. The number of carbonyl (C=O) groups is 1. The van der Waals surface area contributed by atoms with Crippen molar-refractivity contribution < 1.29 is 4.79 Å². The van der Waals surface area contributed by atoms with E-state index >= 15 is 0 Å². The van der Waals surface area contributed by atoms with E-state index < -0.39 is 0 Å². The number of anilines is 1. The minimum Gasteiger partial charge on any atom is -0.354 e. The predicted octanol–water partition coefficient (Wildman–Crippen LogP) is 2.52. The zero-order chi connectivity index (χ0) is 21.1. The number of likely N-dealkylation sites (tertiary alicyclic amines) is 1. The molecule has 0 unspecified atom stereocenters. The first-order valence-electron chi connectivity index (χ1n) is 11.0. The molecule has 0 spiro atoms. The van der Waals surface area contributed by atoms with Crippen LogP contribution in [0.25, 0.3) is 0 Å². The number of nitrogens with zero attached hydrogens (tertiary/aromatic N) is 5. The van der Waals surface area contributed by atoms with Crippen molar-refractivity contribution in [2.24, 2.45) is 5.92 Å². The summed E-state index contributed by atoms with van der Waals surface area (Å²) in [5, 5.41) is 3.11. The fourth-order valence-electron chi connectivity index (χ4n) is 4.53. The van der Waals surface area contributed by atoms with Crippen molar-refractivity contribution in [1.29, 1.82) is 0 Å². The standard InChI is InChI=1S/C23H32N6O/c1-16(2)25-22(30)20-15-28(13-18-8-6-7-17(3)26-18)14-19(20)21-9-10-24-23(27-21)29-11-4-5-12-29/h6-10,16,19-20H,4-5,11-15H2,1-3H3,(H,25,30)/t19-,20-/m0/s1. The Morgan fingerprint density at radius 1 is 1.17 bits per heavy atom. The molecule has 2 fully saturated rings. The highest BCUT2D eigenvalue weighted by Gasteiger charge is 2.39. The molecule has 2 saturated heterocycles. The van der Waals surface area contributed by atoms with Gasteiger partial charge in [-0.15, -0.1) is 0 Å². The summed E-state index contributed by atoms with van der Waals surface area (Å²) in [7, 11) is 0. The summed E-state index contributed by atoms with van der Waals surface area (Å²) in [5.74, 6) is 0.833. The number of pyridine rings is 1. The molecule has 1 amide bonds. The zero-order valence-electron chi connectivity index (χ0n) is 18.2. The molecule has 30 heavy (non-hydrogen) atoms. The van der Waals surface area contributed by atoms with E-state index in [-0.39, 0.29) is 23.8 Å². The van der Waals surface area contributed by atoms with Gasteiger partial charge < -0.3 is 10.2 Å². The minimum absolute atomic E-state index is 0.0536. The molecule has 2 atom stereocenters. The Kier molecular flexibility index (Phi) is 6.27. The number of aromatic nitrogens is 3.